The standard InChI is InChI=1S/C33H35ClFN5O4S2/c1-5-27(36-11-12-46(41,42)20(2)3)33-40-29(18-45-33)24-15-25-28(16-31(24)43-4)37-19-38-32(25)39-23-9-10-30(26(34)14-23)44-17-21-7-6-8-22(35)13-21/h6-10,13-16,18-20,27,36H,5,11-12,17H2,1-4H3,(H,37,38,39). The maximum atomic E-state index is 13.5. The molecule has 5 aromatic rings. The molecule has 13 heteroatoms. The van der Waals surface area contributed by atoms with E-state index in [1.165, 1.54) is 29.8 Å². The van der Waals surface area contributed by atoms with Crippen LogP contribution in [0.2, 0.25) is 5.02 Å². The summed E-state index contributed by atoms with van der Waals surface area (Å²) in [5.74, 6) is 1.39. The Morgan fingerprint density at radius 3 is 2.61 bits per heavy atom. The lowest BCUT2D eigenvalue weighted by atomic mass is 10.1. The first kappa shape index (κ1) is 33.5. The van der Waals surface area contributed by atoms with Crippen molar-refractivity contribution in [1.82, 2.24) is 20.3 Å². The minimum absolute atomic E-state index is 0.0730. The summed E-state index contributed by atoms with van der Waals surface area (Å²) in [5.41, 5.74) is 3.56. The Morgan fingerprint density at radius 1 is 1.07 bits per heavy atom. The number of ether oxygens (including phenoxy) is 2. The number of aromatic nitrogens is 3. The van der Waals surface area contributed by atoms with E-state index < -0.39 is 15.1 Å². The summed E-state index contributed by atoms with van der Waals surface area (Å²) in [6.45, 7) is 5.96. The summed E-state index contributed by atoms with van der Waals surface area (Å²) < 4.78 is 49.6. The predicted molar refractivity (Wildman–Crippen MR) is 183 cm³/mol. The van der Waals surface area contributed by atoms with Gasteiger partial charge in [-0.05, 0) is 62.2 Å². The number of rotatable bonds is 14. The van der Waals surface area contributed by atoms with Crippen LogP contribution in [0.25, 0.3) is 22.2 Å². The van der Waals surface area contributed by atoms with Gasteiger partial charge in [-0.3, -0.25) is 0 Å². The van der Waals surface area contributed by atoms with Gasteiger partial charge in [-0.2, -0.15) is 0 Å². The quantitative estimate of drug-likeness (QED) is 0.121. The molecule has 46 heavy (non-hydrogen) atoms. The lowest BCUT2D eigenvalue weighted by Crippen LogP contribution is -2.29. The lowest BCUT2D eigenvalue weighted by molar-refractivity contribution is 0.306. The van der Waals surface area contributed by atoms with E-state index >= 15 is 0 Å². The highest BCUT2D eigenvalue weighted by atomic mass is 35.5. The van der Waals surface area contributed by atoms with Crippen LogP contribution in [0.5, 0.6) is 11.5 Å². The predicted octanol–water partition coefficient (Wildman–Crippen LogP) is 7.74. The number of anilines is 2. The zero-order valence-corrected chi connectivity index (χ0v) is 28.3. The van der Waals surface area contributed by atoms with E-state index in [0.29, 0.717) is 45.7 Å². The number of fused-ring (bicyclic) bond motifs is 1. The van der Waals surface area contributed by atoms with Gasteiger partial charge in [0.25, 0.3) is 0 Å². The van der Waals surface area contributed by atoms with E-state index in [0.717, 1.165) is 28.1 Å². The van der Waals surface area contributed by atoms with Gasteiger partial charge in [0.1, 0.15) is 41.1 Å². The molecule has 9 nitrogen and oxygen atoms in total. The lowest BCUT2D eigenvalue weighted by Gasteiger charge is -2.15. The number of sulfone groups is 1. The van der Waals surface area contributed by atoms with Gasteiger partial charge in [0.05, 0.1) is 40.4 Å². The van der Waals surface area contributed by atoms with Gasteiger partial charge in [0.15, 0.2) is 9.84 Å². The number of hydrogen-bond donors (Lipinski definition) is 2. The maximum Gasteiger partial charge on any atom is 0.153 e. The third-order valence-corrected chi connectivity index (χ3v) is 10.9. The van der Waals surface area contributed by atoms with E-state index in [4.69, 9.17) is 26.1 Å². The molecular formula is C33H35ClFN5O4S2. The summed E-state index contributed by atoms with van der Waals surface area (Å²) in [4.78, 5) is 13.9. The van der Waals surface area contributed by atoms with Crippen molar-refractivity contribution in [3.05, 3.63) is 87.7 Å². The molecule has 3 aromatic carbocycles. The fourth-order valence-electron chi connectivity index (χ4n) is 4.76. The second-order valence-corrected chi connectivity index (χ2v) is 14.9. The molecule has 0 fully saturated rings. The van der Waals surface area contributed by atoms with Gasteiger partial charge in [-0.15, -0.1) is 11.3 Å². The molecule has 0 amide bonds. The van der Waals surface area contributed by atoms with Crippen LogP contribution in [0, 0.1) is 5.82 Å². The molecule has 0 radical (unpaired) electrons. The molecule has 0 aliphatic heterocycles. The van der Waals surface area contributed by atoms with E-state index in [1.54, 1.807) is 45.2 Å². The highest BCUT2D eigenvalue weighted by Crippen LogP contribution is 2.38. The Kier molecular flexibility index (Phi) is 10.7. The molecular weight excluding hydrogens is 649 g/mol. The molecule has 5 rings (SSSR count). The van der Waals surface area contributed by atoms with E-state index in [1.807, 2.05) is 30.5 Å². The Bertz CT molecular complexity index is 1940. The van der Waals surface area contributed by atoms with Gasteiger partial charge in [-0.1, -0.05) is 30.7 Å². The Morgan fingerprint density at radius 2 is 1.89 bits per heavy atom. The van der Waals surface area contributed by atoms with E-state index in [-0.39, 0.29) is 24.2 Å². The van der Waals surface area contributed by atoms with Crippen molar-refractivity contribution in [2.75, 3.05) is 24.7 Å². The van der Waals surface area contributed by atoms with Crippen LogP contribution in [-0.4, -0.2) is 48.0 Å². The van der Waals surface area contributed by atoms with Crippen molar-refractivity contribution in [1.29, 1.82) is 0 Å². The molecule has 2 aromatic heterocycles. The monoisotopic (exact) mass is 683 g/mol. The average molecular weight is 684 g/mol. The molecule has 0 saturated carbocycles. The first-order chi connectivity index (χ1) is 22.1. The van der Waals surface area contributed by atoms with Crippen molar-refractivity contribution in [2.45, 2.75) is 45.1 Å². The molecule has 1 atom stereocenters. The van der Waals surface area contributed by atoms with Crippen LogP contribution in [0.3, 0.4) is 0 Å². The van der Waals surface area contributed by atoms with Crippen molar-refractivity contribution < 1.29 is 22.3 Å². The summed E-state index contributed by atoms with van der Waals surface area (Å²) in [7, 11) is -1.54. The second-order valence-electron chi connectivity index (χ2n) is 10.9. The summed E-state index contributed by atoms with van der Waals surface area (Å²) in [6.07, 6.45) is 2.22. The summed E-state index contributed by atoms with van der Waals surface area (Å²) in [6, 6.07) is 15.2. The van der Waals surface area contributed by atoms with Gasteiger partial charge in [0.2, 0.25) is 0 Å². The Labute approximate surface area is 277 Å². The van der Waals surface area contributed by atoms with Crippen LogP contribution in [0.15, 0.2) is 66.3 Å². The number of halogens is 2. The molecule has 0 aliphatic rings. The normalized spacial score (nSPS) is 12.4. The largest absolute Gasteiger partial charge is 0.496 e. The van der Waals surface area contributed by atoms with Gasteiger partial charge >= 0.3 is 0 Å². The highest BCUT2D eigenvalue weighted by Gasteiger charge is 2.20. The Balaban J connectivity index is 1.36. The zero-order chi connectivity index (χ0) is 32.8. The van der Waals surface area contributed by atoms with Gasteiger partial charge in [-0.25, -0.2) is 27.8 Å². The number of thiazole rings is 1. The van der Waals surface area contributed by atoms with Crippen LogP contribution in [0.4, 0.5) is 15.9 Å². The van der Waals surface area contributed by atoms with Crippen molar-refractivity contribution in [2.24, 2.45) is 0 Å². The van der Waals surface area contributed by atoms with Crippen molar-refractivity contribution >= 4 is 55.2 Å². The molecule has 0 saturated heterocycles. The molecule has 242 valence electrons. The summed E-state index contributed by atoms with van der Waals surface area (Å²) in [5, 5.41) is 10.2. The Hall–Kier alpha value is -3.84. The second kappa shape index (κ2) is 14.7. The SMILES string of the molecule is CCC(NCCS(=O)(=O)C(C)C)c1nc(-c2cc3c(Nc4ccc(OCc5cccc(F)c5)c(Cl)c4)ncnc3cc2OC)cs1. The fraction of sp³-hybridized carbons (Fsp3) is 0.303. The molecule has 0 spiro atoms. The minimum Gasteiger partial charge on any atom is -0.496 e. The van der Waals surface area contributed by atoms with Gasteiger partial charge < -0.3 is 20.1 Å². The van der Waals surface area contributed by atoms with Crippen LogP contribution in [-0.2, 0) is 16.4 Å². The van der Waals surface area contributed by atoms with Crippen LogP contribution in [0.1, 0.15) is 43.8 Å². The first-order valence-corrected chi connectivity index (χ1v) is 17.7. The van der Waals surface area contributed by atoms with E-state index in [2.05, 4.69) is 20.6 Å². The average Bonchev–Trinajstić information content (AvgIpc) is 3.52. The number of nitrogens with zero attached hydrogens (tertiary/aromatic N) is 3. The number of nitrogens with one attached hydrogen (secondary N) is 2. The number of methoxy groups -OCH3 is 1. The third kappa shape index (κ3) is 7.92. The summed E-state index contributed by atoms with van der Waals surface area (Å²) >= 11 is 8.04. The third-order valence-electron chi connectivity index (χ3n) is 7.43. The maximum absolute atomic E-state index is 13.5. The van der Waals surface area contributed by atoms with Crippen LogP contribution >= 0.6 is 22.9 Å². The smallest absolute Gasteiger partial charge is 0.153 e. The van der Waals surface area contributed by atoms with Gasteiger partial charge in [0, 0.05) is 34.6 Å². The highest BCUT2D eigenvalue weighted by molar-refractivity contribution is 7.92. The number of benzene rings is 3. The first-order valence-electron chi connectivity index (χ1n) is 14.7. The topological polar surface area (TPSA) is 115 Å². The molecule has 2 heterocycles. The minimum atomic E-state index is -3.14. The number of hydrogen-bond acceptors (Lipinski definition) is 10. The van der Waals surface area contributed by atoms with E-state index in [9.17, 15) is 12.8 Å². The zero-order valence-electron chi connectivity index (χ0n) is 25.9. The molecule has 1 unspecified atom stereocenters. The fourth-order valence-corrected chi connectivity index (χ4v) is 6.85. The molecule has 0 bridgehead atoms. The van der Waals surface area contributed by atoms with Crippen molar-refractivity contribution in [3.63, 3.8) is 0 Å². The van der Waals surface area contributed by atoms with Crippen LogP contribution < -0.4 is 20.1 Å². The molecule has 2 N–H and O–H groups in total. The van der Waals surface area contributed by atoms with Crippen molar-refractivity contribution in [3.8, 4) is 22.8 Å². The molecule has 0 aliphatic carbocycles.